The molecule has 5 nitrogen and oxygen atoms in total. The maximum absolute atomic E-state index is 13.4. The van der Waals surface area contributed by atoms with Crippen molar-refractivity contribution in [3.63, 3.8) is 0 Å². The first-order valence-electron chi connectivity index (χ1n) is 12.2. The third-order valence-electron chi connectivity index (χ3n) is 9.93. The standard InChI is InChI=1S/C26H34F3NO4/c1-14(21(31)26(27,28)29)30(4)22(32)20-8-7-18-17-6-5-16-13-15(23(33)34)9-11-24(16,2)19(17)10-12-25(18,20)3/h5,13-14,17-20H,6-12H2,1-4H3,(H,33,34)/t14?,17-,18-,19-,20?,24-,25-/m0/s1. The number of halogens is 3. The molecule has 2 unspecified atom stereocenters. The first-order valence-corrected chi connectivity index (χ1v) is 12.2. The smallest absolute Gasteiger partial charge is 0.452 e. The number of rotatable bonds is 4. The van der Waals surface area contributed by atoms with E-state index in [1.165, 1.54) is 7.05 Å². The molecule has 0 aromatic rings. The SMILES string of the molecule is CC(C(=O)C(F)(F)F)N(C)C(=O)C1CC[C@H]2[C@@H]3CC=C4C=C(C(=O)O)CC[C@]4(C)[C@H]3CC[C@]12C. The number of Topliss-reactive ketones (excluding diaryl/α,β-unsaturated/α-hetero) is 1. The molecule has 0 heterocycles. The van der Waals surface area contributed by atoms with Gasteiger partial charge in [-0.25, -0.2) is 4.79 Å². The summed E-state index contributed by atoms with van der Waals surface area (Å²) in [5, 5.41) is 9.43. The molecule has 1 amide bonds. The van der Waals surface area contributed by atoms with Crippen molar-refractivity contribution in [2.75, 3.05) is 7.05 Å². The van der Waals surface area contributed by atoms with Crippen molar-refractivity contribution in [2.45, 2.75) is 77.9 Å². The zero-order valence-electron chi connectivity index (χ0n) is 20.2. The lowest BCUT2D eigenvalue weighted by atomic mass is 9.48. The molecule has 0 saturated heterocycles. The van der Waals surface area contributed by atoms with Gasteiger partial charge in [0.1, 0.15) is 0 Å². The number of carboxylic acid groups (broad SMARTS) is 1. The lowest BCUT2D eigenvalue weighted by Crippen LogP contribution is -2.53. The van der Waals surface area contributed by atoms with E-state index in [-0.39, 0.29) is 22.7 Å². The monoisotopic (exact) mass is 481 g/mol. The summed E-state index contributed by atoms with van der Waals surface area (Å²) in [5.74, 6) is -2.47. The fourth-order valence-corrected chi connectivity index (χ4v) is 7.75. The highest BCUT2D eigenvalue weighted by molar-refractivity contribution is 5.93. The Balaban J connectivity index is 1.56. The van der Waals surface area contributed by atoms with E-state index in [4.69, 9.17) is 0 Å². The third kappa shape index (κ3) is 3.72. The molecule has 0 aliphatic heterocycles. The van der Waals surface area contributed by atoms with Gasteiger partial charge in [0.2, 0.25) is 5.91 Å². The molecule has 4 rings (SSSR count). The third-order valence-corrected chi connectivity index (χ3v) is 9.93. The zero-order valence-corrected chi connectivity index (χ0v) is 20.2. The lowest BCUT2D eigenvalue weighted by molar-refractivity contribution is -0.177. The molecule has 0 aromatic heterocycles. The summed E-state index contributed by atoms with van der Waals surface area (Å²) >= 11 is 0. The quantitative estimate of drug-likeness (QED) is 0.602. The fraction of sp³-hybridized carbons (Fsp3) is 0.731. The predicted octanol–water partition coefficient (Wildman–Crippen LogP) is 5.16. The first kappa shape index (κ1) is 25.0. The van der Waals surface area contributed by atoms with Crippen molar-refractivity contribution in [3.8, 4) is 0 Å². The summed E-state index contributed by atoms with van der Waals surface area (Å²) in [6.45, 7) is 5.50. The second-order valence-corrected chi connectivity index (χ2v) is 11.3. The van der Waals surface area contributed by atoms with E-state index >= 15 is 0 Å². The molecule has 0 bridgehead atoms. The van der Waals surface area contributed by atoms with E-state index in [0.717, 1.165) is 49.5 Å². The van der Waals surface area contributed by atoms with Crippen LogP contribution in [0.25, 0.3) is 0 Å². The van der Waals surface area contributed by atoms with E-state index < -0.39 is 29.9 Å². The number of hydrogen-bond donors (Lipinski definition) is 1. The van der Waals surface area contributed by atoms with E-state index in [9.17, 15) is 32.7 Å². The molecule has 34 heavy (non-hydrogen) atoms. The van der Waals surface area contributed by atoms with Gasteiger partial charge in [0.25, 0.3) is 5.78 Å². The van der Waals surface area contributed by atoms with Crippen LogP contribution < -0.4 is 0 Å². The van der Waals surface area contributed by atoms with Gasteiger partial charge in [-0.1, -0.05) is 19.9 Å². The average molecular weight is 482 g/mol. The number of fused-ring (bicyclic) bond motifs is 5. The normalized spacial score (nSPS) is 38.0. The molecule has 1 N–H and O–H groups in total. The molecule has 0 radical (unpaired) electrons. The highest BCUT2D eigenvalue weighted by atomic mass is 19.4. The zero-order chi connectivity index (χ0) is 25.2. The molecule has 188 valence electrons. The molecule has 2 fully saturated rings. The van der Waals surface area contributed by atoms with Crippen molar-refractivity contribution in [1.29, 1.82) is 0 Å². The first-order chi connectivity index (χ1) is 15.7. The Morgan fingerprint density at radius 3 is 2.41 bits per heavy atom. The van der Waals surface area contributed by atoms with E-state index in [1.807, 2.05) is 6.08 Å². The van der Waals surface area contributed by atoms with Gasteiger partial charge in [-0.15, -0.1) is 0 Å². The molecular weight excluding hydrogens is 447 g/mol. The largest absolute Gasteiger partial charge is 0.478 e. The fourth-order valence-electron chi connectivity index (χ4n) is 7.75. The molecular formula is C26H34F3NO4. The second-order valence-electron chi connectivity index (χ2n) is 11.3. The summed E-state index contributed by atoms with van der Waals surface area (Å²) in [6, 6.07) is -1.54. The maximum Gasteiger partial charge on any atom is 0.452 e. The molecule has 4 aliphatic carbocycles. The van der Waals surface area contributed by atoms with Gasteiger partial charge in [-0.3, -0.25) is 9.59 Å². The molecule has 7 atom stereocenters. The van der Waals surface area contributed by atoms with E-state index in [0.29, 0.717) is 30.3 Å². The van der Waals surface area contributed by atoms with Crippen LogP contribution in [0.15, 0.2) is 23.3 Å². The molecule has 0 aromatic carbocycles. The predicted molar refractivity (Wildman–Crippen MR) is 120 cm³/mol. The Morgan fingerprint density at radius 2 is 1.79 bits per heavy atom. The van der Waals surface area contributed by atoms with E-state index in [1.54, 1.807) is 0 Å². The number of alkyl halides is 3. The minimum Gasteiger partial charge on any atom is -0.478 e. The number of ketones is 1. The number of likely N-dealkylation sites (N-methyl/N-ethyl adjacent to an activating group) is 1. The van der Waals surface area contributed by atoms with Crippen LogP contribution in [0.5, 0.6) is 0 Å². The van der Waals surface area contributed by atoms with Crippen LogP contribution in [-0.2, 0) is 14.4 Å². The summed E-state index contributed by atoms with van der Waals surface area (Å²) in [4.78, 5) is 37.6. The Morgan fingerprint density at radius 1 is 1.12 bits per heavy atom. The van der Waals surface area contributed by atoms with Crippen LogP contribution in [0.2, 0.25) is 0 Å². The number of aliphatic carboxylic acids is 1. The summed E-state index contributed by atoms with van der Waals surface area (Å²) < 4.78 is 38.8. The molecule has 8 heteroatoms. The van der Waals surface area contributed by atoms with Crippen molar-refractivity contribution >= 4 is 17.7 Å². The van der Waals surface area contributed by atoms with Crippen LogP contribution in [-0.4, -0.2) is 46.9 Å². The van der Waals surface area contributed by atoms with Crippen molar-refractivity contribution in [1.82, 2.24) is 4.90 Å². The van der Waals surface area contributed by atoms with Gasteiger partial charge < -0.3 is 10.0 Å². The van der Waals surface area contributed by atoms with Crippen molar-refractivity contribution < 1.29 is 32.7 Å². The van der Waals surface area contributed by atoms with Crippen LogP contribution >= 0.6 is 0 Å². The van der Waals surface area contributed by atoms with Crippen molar-refractivity contribution in [2.24, 2.45) is 34.5 Å². The summed E-state index contributed by atoms with van der Waals surface area (Å²) in [6.07, 6.45) is 4.43. The number of nitrogens with zero attached hydrogens (tertiary/aromatic N) is 1. The van der Waals surface area contributed by atoms with Gasteiger partial charge in [-0.05, 0) is 92.1 Å². The Kier molecular flexibility index (Phi) is 6.05. The Bertz CT molecular complexity index is 970. The average Bonchev–Trinajstić information content (AvgIpc) is 3.12. The summed E-state index contributed by atoms with van der Waals surface area (Å²) in [5.41, 5.74) is 1.17. The number of carboxylic acids is 1. The molecule has 4 aliphatic rings. The van der Waals surface area contributed by atoms with Gasteiger partial charge in [0.15, 0.2) is 0 Å². The van der Waals surface area contributed by atoms with Crippen molar-refractivity contribution in [3.05, 3.63) is 23.3 Å². The molecule has 0 spiro atoms. The Labute approximate surface area is 198 Å². The second kappa shape index (κ2) is 8.23. The van der Waals surface area contributed by atoms with Crippen LogP contribution in [0.3, 0.4) is 0 Å². The van der Waals surface area contributed by atoms with Gasteiger partial charge in [-0.2, -0.15) is 13.2 Å². The number of allylic oxidation sites excluding steroid dienone is 3. The minimum atomic E-state index is -4.97. The van der Waals surface area contributed by atoms with Gasteiger partial charge in [0, 0.05) is 18.5 Å². The van der Waals surface area contributed by atoms with Gasteiger partial charge >= 0.3 is 12.1 Å². The lowest BCUT2D eigenvalue weighted by Gasteiger charge is -2.57. The molecule has 2 saturated carbocycles. The van der Waals surface area contributed by atoms with Crippen LogP contribution in [0, 0.1) is 34.5 Å². The number of carbonyl (C=O) groups excluding carboxylic acids is 2. The number of amides is 1. The van der Waals surface area contributed by atoms with Gasteiger partial charge in [0.05, 0.1) is 6.04 Å². The topological polar surface area (TPSA) is 74.7 Å². The van der Waals surface area contributed by atoms with Crippen LogP contribution in [0.4, 0.5) is 13.2 Å². The highest BCUT2D eigenvalue weighted by Gasteiger charge is 2.60. The number of carbonyl (C=O) groups is 3. The highest BCUT2D eigenvalue weighted by Crippen LogP contribution is 2.66. The van der Waals surface area contributed by atoms with Crippen LogP contribution in [0.1, 0.15) is 65.7 Å². The minimum absolute atomic E-state index is 0.0876. The number of hydrogen-bond acceptors (Lipinski definition) is 3. The Hall–Kier alpha value is -2.12. The van der Waals surface area contributed by atoms with E-state index in [2.05, 4.69) is 19.9 Å². The summed E-state index contributed by atoms with van der Waals surface area (Å²) in [7, 11) is 1.31. The maximum atomic E-state index is 13.4.